The molecule has 1 saturated heterocycles. The van der Waals surface area contributed by atoms with Gasteiger partial charge in [0.25, 0.3) is 0 Å². The third kappa shape index (κ3) is 9.55. The summed E-state index contributed by atoms with van der Waals surface area (Å²) in [5.41, 5.74) is 1.96. The van der Waals surface area contributed by atoms with Crippen molar-refractivity contribution in [3.63, 3.8) is 0 Å². The summed E-state index contributed by atoms with van der Waals surface area (Å²) in [6.45, 7) is 1.56. The molecule has 1 heterocycles. The molecule has 0 spiro atoms. The minimum Gasteiger partial charge on any atom is -0.481 e. The summed E-state index contributed by atoms with van der Waals surface area (Å²) in [4.78, 5) is 77.6. The fraction of sp³-hybridized carbons (Fsp3) is 0.400. The normalized spacial score (nSPS) is 16.7. The number of hydrogen-bond donors (Lipinski definition) is 3. The van der Waals surface area contributed by atoms with Gasteiger partial charge in [-0.1, -0.05) is 60.7 Å². The SMILES string of the molecule is CC(C(=O)NC(C=O)CC(=O)O)N1CCN(C(=O)CCc2ccccc2)CC(NC(=O)CCc2ccccc2)C1=O. The standard InChI is InChI=1S/C30H36N4O7/c1-21(29(40)31-24(20-35)18-28(38)39)34-17-16-33(27(37)15-13-23-10-6-3-7-11-23)19-25(30(34)41)32-26(36)14-12-22-8-4-2-5-9-22/h2-11,20-21,24-25H,12-19H2,1H3,(H,31,40)(H,32,36)(H,38,39). The van der Waals surface area contributed by atoms with Crippen molar-refractivity contribution < 1.29 is 33.9 Å². The lowest BCUT2D eigenvalue weighted by atomic mass is 10.1. The molecular weight excluding hydrogens is 528 g/mol. The van der Waals surface area contributed by atoms with Crippen LogP contribution in [0.5, 0.6) is 0 Å². The van der Waals surface area contributed by atoms with Crippen LogP contribution in [0.3, 0.4) is 0 Å². The predicted molar refractivity (Wildman–Crippen MR) is 149 cm³/mol. The molecule has 11 heteroatoms. The average Bonchev–Trinajstić information content (AvgIpc) is 3.13. The van der Waals surface area contributed by atoms with Gasteiger partial charge >= 0.3 is 5.97 Å². The molecule has 0 aliphatic carbocycles. The van der Waals surface area contributed by atoms with Gasteiger partial charge in [-0.25, -0.2) is 0 Å². The molecule has 0 aromatic heterocycles. The second kappa shape index (κ2) is 15.3. The Morgan fingerprint density at radius 2 is 1.54 bits per heavy atom. The van der Waals surface area contributed by atoms with Crippen LogP contribution in [0.4, 0.5) is 0 Å². The Hall–Kier alpha value is -4.54. The molecular formula is C30H36N4O7. The van der Waals surface area contributed by atoms with E-state index in [4.69, 9.17) is 5.11 Å². The summed E-state index contributed by atoms with van der Waals surface area (Å²) in [5.74, 6) is -3.07. The number of nitrogens with one attached hydrogen (secondary N) is 2. The Labute approximate surface area is 238 Å². The van der Waals surface area contributed by atoms with Gasteiger partial charge in [0.2, 0.25) is 23.6 Å². The fourth-order valence-electron chi connectivity index (χ4n) is 4.64. The molecule has 1 fully saturated rings. The molecule has 1 aliphatic heterocycles. The van der Waals surface area contributed by atoms with Crippen molar-refractivity contribution in [3.8, 4) is 0 Å². The van der Waals surface area contributed by atoms with Gasteiger partial charge in [-0.05, 0) is 30.9 Å². The first kappa shape index (κ1) is 31.0. The fourth-order valence-corrected chi connectivity index (χ4v) is 4.64. The zero-order valence-electron chi connectivity index (χ0n) is 23.0. The van der Waals surface area contributed by atoms with Gasteiger partial charge in [0, 0.05) is 32.5 Å². The average molecular weight is 565 g/mol. The maximum Gasteiger partial charge on any atom is 0.305 e. The number of carboxylic acids is 1. The zero-order valence-corrected chi connectivity index (χ0v) is 23.0. The van der Waals surface area contributed by atoms with E-state index in [2.05, 4.69) is 10.6 Å². The second-order valence-electron chi connectivity index (χ2n) is 9.99. The van der Waals surface area contributed by atoms with E-state index in [9.17, 15) is 28.8 Å². The number of hydrogen-bond acceptors (Lipinski definition) is 6. The largest absolute Gasteiger partial charge is 0.481 e. The molecule has 218 valence electrons. The van der Waals surface area contributed by atoms with Crippen LogP contribution in [-0.2, 0) is 41.6 Å². The molecule has 0 bridgehead atoms. The van der Waals surface area contributed by atoms with Crippen molar-refractivity contribution in [3.05, 3.63) is 71.8 Å². The van der Waals surface area contributed by atoms with Crippen LogP contribution in [-0.4, -0.2) is 88.6 Å². The molecule has 4 amide bonds. The predicted octanol–water partition coefficient (Wildman–Crippen LogP) is 0.955. The summed E-state index contributed by atoms with van der Waals surface area (Å²) in [5, 5.41) is 14.1. The number of aryl methyl sites for hydroxylation is 2. The highest BCUT2D eigenvalue weighted by atomic mass is 16.4. The summed E-state index contributed by atoms with van der Waals surface area (Å²) in [7, 11) is 0. The number of amides is 4. The zero-order chi connectivity index (χ0) is 29.8. The van der Waals surface area contributed by atoms with Crippen molar-refractivity contribution in [2.45, 2.75) is 57.2 Å². The van der Waals surface area contributed by atoms with Crippen molar-refractivity contribution in [2.24, 2.45) is 0 Å². The molecule has 2 aromatic carbocycles. The van der Waals surface area contributed by atoms with Crippen LogP contribution >= 0.6 is 0 Å². The van der Waals surface area contributed by atoms with Gasteiger partial charge in [-0.3, -0.25) is 24.0 Å². The van der Waals surface area contributed by atoms with Gasteiger partial charge in [-0.2, -0.15) is 0 Å². The lowest BCUT2D eigenvalue weighted by Crippen LogP contribution is -2.56. The molecule has 3 unspecified atom stereocenters. The van der Waals surface area contributed by atoms with Crippen LogP contribution in [0.25, 0.3) is 0 Å². The number of nitrogens with zero attached hydrogens (tertiary/aromatic N) is 2. The highest BCUT2D eigenvalue weighted by Crippen LogP contribution is 2.14. The van der Waals surface area contributed by atoms with Crippen molar-refractivity contribution in [1.82, 2.24) is 20.4 Å². The van der Waals surface area contributed by atoms with E-state index in [0.29, 0.717) is 19.1 Å². The topological polar surface area (TPSA) is 153 Å². The van der Waals surface area contributed by atoms with Crippen molar-refractivity contribution >= 4 is 35.9 Å². The van der Waals surface area contributed by atoms with E-state index < -0.39 is 42.3 Å². The Kier molecular flexibility index (Phi) is 11.6. The number of aldehydes is 1. The molecule has 11 nitrogen and oxygen atoms in total. The van der Waals surface area contributed by atoms with Gasteiger partial charge in [0.1, 0.15) is 18.4 Å². The van der Waals surface area contributed by atoms with Gasteiger partial charge in [-0.15, -0.1) is 0 Å². The van der Waals surface area contributed by atoms with Gasteiger partial charge in [0.05, 0.1) is 12.5 Å². The molecule has 3 atom stereocenters. The summed E-state index contributed by atoms with van der Waals surface area (Å²) < 4.78 is 0. The van der Waals surface area contributed by atoms with Crippen LogP contribution < -0.4 is 10.6 Å². The van der Waals surface area contributed by atoms with Crippen LogP contribution in [0.15, 0.2) is 60.7 Å². The summed E-state index contributed by atoms with van der Waals surface area (Å²) in [6.07, 6.45) is 1.04. The van der Waals surface area contributed by atoms with E-state index in [1.807, 2.05) is 60.7 Å². The van der Waals surface area contributed by atoms with Gasteiger partial charge < -0.3 is 30.3 Å². The number of rotatable bonds is 13. The first-order valence-electron chi connectivity index (χ1n) is 13.6. The summed E-state index contributed by atoms with van der Waals surface area (Å²) >= 11 is 0. The van der Waals surface area contributed by atoms with Crippen LogP contribution in [0.1, 0.15) is 37.3 Å². The number of aliphatic carboxylic acids is 1. The molecule has 0 saturated carbocycles. The van der Waals surface area contributed by atoms with E-state index in [0.717, 1.165) is 11.1 Å². The first-order valence-corrected chi connectivity index (χ1v) is 13.6. The van der Waals surface area contributed by atoms with E-state index in [1.54, 1.807) is 0 Å². The highest BCUT2D eigenvalue weighted by Gasteiger charge is 2.37. The number of benzene rings is 2. The number of carboxylic acid groups (broad SMARTS) is 1. The highest BCUT2D eigenvalue weighted by molar-refractivity contribution is 5.94. The molecule has 2 aromatic rings. The summed E-state index contributed by atoms with van der Waals surface area (Å²) in [6, 6.07) is 15.5. The monoisotopic (exact) mass is 564 g/mol. The van der Waals surface area contributed by atoms with E-state index >= 15 is 0 Å². The third-order valence-corrected chi connectivity index (χ3v) is 6.97. The van der Waals surface area contributed by atoms with Crippen LogP contribution in [0, 0.1) is 0 Å². The maximum absolute atomic E-state index is 13.6. The number of carbonyl (C=O) groups excluding carboxylic acids is 5. The minimum absolute atomic E-state index is 0.0194. The van der Waals surface area contributed by atoms with E-state index in [-0.39, 0.29) is 44.3 Å². The molecule has 3 rings (SSSR count). The minimum atomic E-state index is -1.26. The lowest BCUT2D eigenvalue weighted by molar-refractivity contribution is -0.143. The Morgan fingerprint density at radius 1 is 0.951 bits per heavy atom. The van der Waals surface area contributed by atoms with Crippen molar-refractivity contribution in [1.29, 1.82) is 0 Å². The second-order valence-corrected chi connectivity index (χ2v) is 9.99. The molecule has 3 N–H and O–H groups in total. The molecule has 0 radical (unpaired) electrons. The third-order valence-electron chi connectivity index (χ3n) is 6.97. The Morgan fingerprint density at radius 3 is 2.10 bits per heavy atom. The molecule has 41 heavy (non-hydrogen) atoms. The quantitative estimate of drug-likeness (QED) is 0.306. The van der Waals surface area contributed by atoms with Gasteiger partial charge in [0.15, 0.2) is 0 Å². The lowest BCUT2D eigenvalue weighted by Gasteiger charge is -2.29. The van der Waals surface area contributed by atoms with E-state index in [1.165, 1.54) is 16.7 Å². The van der Waals surface area contributed by atoms with Crippen LogP contribution in [0.2, 0.25) is 0 Å². The maximum atomic E-state index is 13.6. The Bertz CT molecular complexity index is 1220. The smallest absolute Gasteiger partial charge is 0.305 e. The first-order chi connectivity index (χ1) is 19.7. The molecule has 1 aliphatic rings. The number of carbonyl (C=O) groups is 6. The van der Waals surface area contributed by atoms with Crippen molar-refractivity contribution in [2.75, 3.05) is 19.6 Å². The Balaban J connectivity index is 1.73.